The lowest BCUT2D eigenvalue weighted by Crippen LogP contribution is -2.24. The van der Waals surface area contributed by atoms with Crippen molar-refractivity contribution in [1.29, 1.82) is 0 Å². The van der Waals surface area contributed by atoms with E-state index in [9.17, 15) is 13.2 Å². The van der Waals surface area contributed by atoms with E-state index in [1.54, 1.807) is 6.07 Å². The monoisotopic (exact) mass is 486 g/mol. The normalized spacial score (nSPS) is 18.4. The third kappa shape index (κ3) is 5.03. The highest BCUT2D eigenvalue weighted by Crippen LogP contribution is 2.37. The molecule has 0 spiro atoms. The van der Waals surface area contributed by atoms with Gasteiger partial charge in [-0.25, -0.2) is 22.0 Å². The van der Waals surface area contributed by atoms with Crippen LogP contribution in [0.1, 0.15) is 50.2 Å². The second kappa shape index (κ2) is 10.7. The van der Waals surface area contributed by atoms with Crippen LogP contribution in [-0.2, 0) is 11.2 Å². The predicted octanol–water partition coefficient (Wildman–Crippen LogP) is 8.51. The molecule has 35 heavy (non-hydrogen) atoms. The molecule has 1 heterocycles. The topological polar surface area (TPSA) is 9.23 Å². The van der Waals surface area contributed by atoms with Crippen LogP contribution in [0.3, 0.4) is 0 Å². The number of hydrogen-bond acceptors (Lipinski definition) is 1. The lowest BCUT2D eigenvalue weighted by molar-refractivity contribution is 0.0317. The van der Waals surface area contributed by atoms with Gasteiger partial charge in [-0.05, 0) is 43.4 Å². The minimum atomic E-state index is -1.36. The summed E-state index contributed by atoms with van der Waals surface area (Å²) in [7, 11) is 0. The van der Waals surface area contributed by atoms with Gasteiger partial charge >= 0.3 is 0 Å². The number of allylic oxidation sites excluding steroid dienone is 1. The van der Waals surface area contributed by atoms with Crippen molar-refractivity contribution in [2.45, 2.75) is 51.6 Å². The molecule has 0 amide bonds. The summed E-state index contributed by atoms with van der Waals surface area (Å²) in [6.45, 7) is 4.08. The fourth-order valence-electron chi connectivity index (χ4n) is 4.66. The first kappa shape index (κ1) is 25.1. The zero-order valence-electron chi connectivity index (χ0n) is 19.7. The Morgan fingerprint density at radius 1 is 0.800 bits per heavy atom. The number of aryl methyl sites for hydroxylation is 1. The summed E-state index contributed by atoms with van der Waals surface area (Å²) in [6, 6.07) is 9.35. The first-order chi connectivity index (χ1) is 16.8. The smallest absolute Gasteiger partial charge is 0.167 e. The summed E-state index contributed by atoms with van der Waals surface area (Å²) < 4.78 is 80.3. The second-order valence-corrected chi connectivity index (χ2v) is 8.86. The summed E-state index contributed by atoms with van der Waals surface area (Å²) >= 11 is 0. The van der Waals surface area contributed by atoms with Crippen molar-refractivity contribution in [2.75, 3.05) is 6.61 Å². The van der Waals surface area contributed by atoms with Crippen molar-refractivity contribution in [2.24, 2.45) is 0 Å². The van der Waals surface area contributed by atoms with Gasteiger partial charge in [0, 0.05) is 28.2 Å². The van der Waals surface area contributed by atoms with E-state index in [2.05, 4.69) is 0 Å². The molecule has 0 aromatic heterocycles. The van der Waals surface area contributed by atoms with E-state index in [0.29, 0.717) is 19.3 Å². The number of rotatable bonds is 6. The summed E-state index contributed by atoms with van der Waals surface area (Å²) in [5.41, 5.74) is -0.286. The van der Waals surface area contributed by atoms with Crippen LogP contribution in [-0.4, -0.2) is 12.7 Å². The molecule has 6 heteroatoms. The fraction of sp³-hybridized carbons (Fsp3) is 0.310. The molecule has 3 aromatic carbocycles. The van der Waals surface area contributed by atoms with Gasteiger partial charge in [0.25, 0.3) is 0 Å². The maximum absolute atomic E-state index is 15.0. The highest BCUT2D eigenvalue weighted by atomic mass is 19.2. The van der Waals surface area contributed by atoms with Crippen LogP contribution in [0.2, 0.25) is 0 Å². The van der Waals surface area contributed by atoms with E-state index >= 15 is 8.78 Å². The van der Waals surface area contributed by atoms with Crippen LogP contribution in [0.25, 0.3) is 22.3 Å². The van der Waals surface area contributed by atoms with Gasteiger partial charge in [-0.2, -0.15) is 0 Å². The van der Waals surface area contributed by atoms with E-state index in [1.807, 2.05) is 26.0 Å². The Kier molecular flexibility index (Phi) is 7.70. The van der Waals surface area contributed by atoms with Crippen molar-refractivity contribution >= 4 is 0 Å². The third-order valence-electron chi connectivity index (χ3n) is 6.51. The minimum absolute atomic E-state index is 0.0494. The molecule has 1 aliphatic heterocycles. The zero-order chi connectivity index (χ0) is 25.1. The van der Waals surface area contributed by atoms with Crippen molar-refractivity contribution in [1.82, 2.24) is 0 Å². The maximum atomic E-state index is 15.0. The molecule has 0 aliphatic carbocycles. The Morgan fingerprint density at radius 3 is 1.97 bits per heavy atom. The molecular formula is C29H27F5O. The summed E-state index contributed by atoms with van der Waals surface area (Å²) in [5, 5.41) is 0. The molecule has 1 saturated heterocycles. The minimum Gasteiger partial charge on any atom is -0.374 e. The molecule has 1 nitrogen and oxygen atoms in total. The molecule has 0 N–H and O–H groups in total. The first-order valence-corrected chi connectivity index (χ1v) is 11.8. The third-order valence-corrected chi connectivity index (χ3v) is 6.51. The van der Waals surface area contributed by atoms with Gasteiger partial charge in [-0.15, -0.1) is 0 Å². The first-order valence-electron chi connectivity index (χ1n) is 11.8. The van der Waals surface area contributed by atoms with Gasteiger partial charge in [0.05, 0.1) is 12.7 Å². The standard InChI is InChI=1S/C29H27F5O/c1-3-5-17-7-10-21(25(30)15-17)22-13-14-24(29(34)27(22)32)23-12-11-20(26(31)28(23)33)18-8-9-19(6-4-2)35-16-18/h4,6-7,10-15,18-19H,3,5,8-9,16H2,1-2H3. The van der Waals surface area contributed by atoms with Gasteiger partial charge in [-0.3, -0.25) is 0 Å². The molecule has 2 atom stereocenters. The van der Waals surface area contributed by atoms with Gasteiger partial charge in [0.1, 0.15) is 5.82 Å². The summed E-state index contributed by atoms with van der Waals surface area (Å²) in [5.74, 6) is -6.02. The van der Waals surface area contributed by atoms with Gasteiger partial charge in [0.15, 0.2) is 23.3 Å². The van der Waals surface area contributed by atoms with Gasteiger partial charge in [0.2, 0.25) is 0 Å². The molecule has 0 bridgehead atoms. The lowest BCUT2D eigenvalue weighted by Gasteiger charge is -2.28. The van der Waals surface area contributed by atoms with Crippen LogP contribution in [0.5, 0.6) is 0 Å². The highest BCUT2D eigenvalue weighted by molar-refractivity contribution is 5.73. The van der Waals surface area contributed by atoms with Gasteiger partial charge < -0.3 is 4.74 Å². The number of hydrogen-bond donors (Lipinski definition) is 0. The summed E-state index contributed by atoms with van der Waals surface area (Å²) in [6.07, 6.45) is 6.53. The molecule has 1 aliphatic rings. The van der Waals surface area contributed by atoms with E-state index in [1.165, 1.54) is 30.3 Å². The van der Waals surface area contributed by atoms with Crippen molar-refractivity contribution < 1.29 is 26.7 Å². The number of benzene rings is 3. The SMILES string of the molecule is CC=CC1CCC(c2ccc(-c3ccc(-c4ccc(CCC)cc4F)c(F)c3F)c(F)c2F)CO1. The van der Waals surface area contributed by atoms with Crippen molar-refractivity contribution in [3.63, 3.8) is 0 Å². The number of halogens is 5. The Balaban J connectivity index is 1.65. The van der Waals surface area contributed by atoms with Crippen LogP contribution in [0.15, 0.2) is 54.6 Å². The molecule has 184 valence electrons. The average molecular weight is 487 g/mol. The maximum Gasteiger partial charge on any atom is 0.167 e. The molecular weight excluding hydrogens is 459 g/mol. The van der Waals surface area contributed by atoms with E-state index in [4.69, 9.17) is 4.74 Å². The second-order valence-electron chi connectivity index (χ2n) is 8.86. The summed E-state index contributed by atoms with van der Waals surface area (Å²) in [4.78, 5) is 0. The van der Waals surface area contributed by atoms with Crippen LogP contribution < -0.4 is 0 Å². The molecule has 4 rings (SSSR count). The van der Waals surface area contributed by atoms with E-state index < -0.39 is 40.2 Å². The molecule has 0 saturated carbocycles. The molecule has 3 aromatic rings. The fourth-order valence-corrected chi connectivity index (χ4v) is 4.66. The quantitative estimate of drug-likeness (QED) is 0.251. The molecule has 0 radical (unpaired) electrons. The Labute approximate surface area is 202 Å². The highest BCUT2D eigenvalue weighted by Gasteiger charge is 2.27. The van der Waals surface area contributed by atoms with E-state index in [-0.39, 0.29) is 35.3 Å². The average Bonchev–Trinajstić information content (AvgIpc) is 2.85. The Morgan fingerprint density at radius 2 is 1.40 bits per heavy atom. The van der Waals surface area contributed by atoms with Crippen molar-refractivity contribution in [3.8, 4) is 22.3 Å². The van der Waals surface area contributed by atoms with Crippen molar-refractivity contribution in [3.05, 3.63) is 94.8 Å². The number of ether oxygens (including phenoxy) is 1. The van der Waals surface area contributed by atoms with E-state index in [0.717, 1.165) is 18.1 Å². The Bertz CT molecular complexity index is 1240. The zero-order valence-corrected chi connectivity index (χ0v) is 19.7. The van der Waals surface area contributed by atoms with Crippen LogP contribution in [0, 0.1) is 29.1 Å². The Hall–Kier alpha value is -2.99. The molecule has 2 unspecified atom stereocenters. The molecule has 1 fully saturated rings. The van der Waals surface area contributed by atoms with Gasteiger partial charge in [-0.1, -0.05) is 61.9 Å². The lowest BCUT2D eigenvalue weighted by atomic mass is 9.89. The largest absolute Gasteiger partial charge is 0.374 e. The predicted molar refractivity (Wildman–Crippen MR) is 128 cm³/mol. The van der Waals surface area contributed by atoms with Crippen LogP contribution >= 0.6 is 0 Å². The van der Waals surface area contributed by atoms with Crippen LogP contribution in [0.4, 0.5) is 22.0 Å².